The van der Waals surface area contributed by atoms with Crippen molar-refractivity contribution < 1.29 is 4.79 Å². The average Bonchev–Trinajstić information content (AvgIpc) is 2.99. The number of likely N-dealkylation sites (tertiary alicyclic amines) is 1. The number of carbonyl (C=O) groups is 1. The van der Waals surface area contributed by atoms with E-state index >= 15 is 0 Å². The van der Waals surface area contributed by atoms with Crippen LogP contribution in [0.25, 0.3) is 0 Å². The predicted molar refractivity (Wildman–Crippen MR) is 81.4 cm³/mol. The maximum Gasteiger partial charge on any atom is 0.240 e. The first kappa shape index (κ1) is 14.4. The largest absolute Gasteiger partial charge is 0.341 e. The van der Waals surface area contributed by atoms with Gasteiger partial charge in [-0.2, -0.15) is 0 Å². The molecule has 1 N–H and O–H groups in total. The van der Waals surface area contributed by atoms with E-state index in [1.165, 1.54) is 32.1 Å². The normalized spacial score (nSPS) is 35.4. The van der Waals surface area contributed by atoms with E-state index in [-0.39, 0.29) is 6.04 Å². The molecule has 0 radical (unpaired) electrons. The molecule has 2 heterocycles. The number of rotatable bonds is 1. The zero-order valence-electron chi connectivity index (χ0n) is 13.3. The second kappa shape index (κ2) is 5.32. The van der Waals surface area contributed by atoms with Crippen LogP contribution in [-0.4, -0.2) is 36.5 Å². The van der Waals surface area contributed by atoms with Gasteiger partial charge < -0.3 is 10.2 Å². The number of piperidine rings is 1. The summed E-state index contributed by atoms with van der Waals surface area (Å²) in [7, 11) is 0. The number of amides is 1. The molecular formula is C17H30N2O. The minimum atomic E-state index is 0.133. The van der Waals surface area contributed by atoms with Crippen molar-refractivity contribution in [1.82, 2.24) is 10.2 Å². The maximum atomic E-state index is 12.8. The maximum absolute atomic E-state index is 12.8. The molecule has 1 aliphatic carbocycles. The smallest absolute Gasteiger partial charge is 0.240 e. The van der Waals surface area contributed by atoms with Crippen LogP contribution in [0.5, 0.6) is 0 Å². The van der Waals surface area contributed by atoms with E-state index in [2.05, 4.69) is 31.0 Å². The second-order valence-corrected chi connectivity index (χ2v) is 8.21. The molecule has 3 heteroatoms. The Morgan fingerprint density at radius 1 is 1.10 bits per heavy atom. The van der Waals surface area contributed by atoms with Crippen molar-refractivity contribution in [1.29, 1.82) is 0 Å². The molecule has 1 saturated carbocycles. The van der Waals surface area contributed by atoms with Crippen molar-refractivity contribution in [2.45, 2.75) is 58.9 Å². The van der Waals surface area contributed by atoms with Crippen LogP contribution >= 0.6 is 0 Å². The molecule has 0 aromatic heterocycles. The monoisotopic (exact) mass is 278 g/mol. The highest BCUT2D eigenvalue weighted by atomic mass is 16.2. The lowest BCUT2D eigenvalue weighted by molar-refractivity contribution is -0.136. The van der Waals surface area contributed by atoms with Gasteiger partial charge in [0.1, 0.15) is 0 Å². The summed E-state index contributed by atoms with van der Waals surface area (Å²) >= 11 is 0. The Morgan fingerprint density at radius 3 is 2.45 bits per heavy atom. The third-order valence-electron chi connectivity index (χ3n) is 6.04. The Morgan fingerprint density at radius 2 is 1.80 bits per heavy atom. The molecule has 3 fully saturated rings. The summed E-state index contributed by atoms with van der Waals surface area (Å²) in [6, 6.07) is 0.133. The van der Waals surface area contributed by atoms with Gasteiger partial charge in [-0.15, -0.1) is 0 Å². The molecule has 20 heavy (non-hydrogen) atoms. The van der Waals surface area contributed by atoms with E-state index in [1.54, 1.807) is 0 Å². The molecule has 3 nitrogen and oxygen atoms in total. The Labute approximate surface area is 123 Å². The number of fused-ring (bicyclic) bond motifs is 1. The number of nitrogens with zero attached hydrogens (tertiary/aromatic N) is 1. The first-order valence-electron chi connectivity index (χ1n) is 8.49. The topological polar surface area (TPSA) is 32.3 Å². The van der Waals surface area contributed by atoms with Gasteiger partial charge in [0.25, 0.3) is 0 Å². The highest BCUT2D eigenvalue weighted by molar-refractivity contribution is 5.82. The Balaban J connectivity index is 1.57. The number of nitrogens with one attached hydrogen (secondary N) is 1. The molecular weight excluding hydrogens is 248 g/mol. The van der Waals surface area contributed by atoms with Gasteiger partial charge >= 0.3 is 0 Å². The quantitative estimate of drug-likeness (QED) is 0.800. The second-order valence-electron chi connectivity index (χ2n) is 8.21. The van der Waals surface area contributed by atoms with E-state index in [0.717, 1.165) is 31.5 Å². The number of hydrogen-bond acceptors (Lipinski definition) is 2. The fourth-order valence-electron chi connectivity index (χ4n) is 4.62. The molecule has 2 aliphatic heterocycles. The molecule has 3 atom stereocenters. The summed E-state index contributed by atoms with van der Waals surface area (Å²) < 4.78 is 0. The minimum absolute atomic E-state index is 0.133. The van der Waals surface area contributed by atoms with E-state index < -0.39 is 0 Å². The Hall–Kier alpha value is -0.570. The van der Waals surface area contributed by atoms with Crippen LogP contribution in [0.3, 0.4) is 0 Å². The van der Waals surface area contributed by atoms with Crippen LogP contribution in [0.15, 0.2) is 0 Å². The van der Waals surface area contributed by atoms with E-state index in [1.807, 2.05) is 0 Å². The molecule has 3 aliphatic rings. The lowest BCUT2D eigenvalue weighted by Gasteiger charge is -2.40. The van der Waals surface area contributed by atoms with Crippen molar-refractivity contribution >= 4 is 5.91 Å². The Kier molecular flexibility index (Phi) is 3.83. The van der Waals surface area contributed by atoms with Gasteiger partial charge in [0.15, 0.2) is 0 Å². The van der Waals surface area contributed by atoms with Crippen LogP contribution in [0.4, 0.5) is 0 Å². The van der Waals surface area contributed by atoms with Crippen molar-refractivity contribution in [3.05, 3.63) is 0 Å². The molecule has 3 unspecified atom stereocenters. The molecule has 1 amide bonds. The van der Waals surface area contributed by atoms with Crippen LogP contribution in [0, 0.1) is 23.2 Å². The van der Waals surface area contributed by atoms with Crippen molar-refractivity contribution in [3.8, 4) is 0 Å². The summed E-state index contributed by atoms with van der Waals surface area (Å²) in [6.07, 6.45) is 6.26. The van der Waals surface area contributed by atoms with Crippen molar-refractivity contribution in [2.24, 2.45) is 23.2 Å². The van der Waals surface area contributed by atoms with E-state index in [0.29, 0.717) is 17.2 Å². The summed E-state index contributed by atoms with van der Waals surface area (Å²) in [5.74, 6) is 2.56. The fourth-order valence-corrected chi connectivity index (χ4v) is 4.62. The highest BCUT2D eigenvalue weighted by Crippen LogP contribution is 2.39. The van der Waals surface area contributed by atoms with Crippen molar-refractivity contribution in [2.75, 3.05) is 19.6 Å². The summed E-state index contributed by atoms with van der Waals surface area (Å²) in [4.78, 5) is 14.9. The van der Waals surface area contributed by atoms with Crippen LogP contribution in [0.2, 0.25) is 0 Å². The molecule has 2 saturated heterocycles. The van der Waals surface area contributed by atoms with Gasteiger partial charge in [-0.25, -0.2) is 0 Å². The van der Waals surface area contributed by atoms with Gasteiger partial charge in [-0.1, -0.05) is 27.2 Å². The fraction of sp³-hybridized carbons (Fsp3) is 0.941. The van der Waals surface area contributed by atoms with E-state index in [9.17, 15) is 4.79 Å². The first-order chi connectivity index (χ1) is 9.47. The number of hydrogen-bond donors (Lipinski definition) is 1. The minimum Gasteiger partial charge on any atom is -0.341 e. The molecule has 0 aromatic rings. The Bertz CT molecular complexity index is 366. The van der Waals surface area contributed by atoms with Crippen LogP contribution < -0.4 is 5.32 Å². The van der Waals surface area contributed by atoms with Gasteiger partial charge in [0.05, 0.1) is 6.04 Å². The van der Waals surface area contributed by atoms with Gasteiger partial charge in [-0.05, 0) is 55.4 Å². The zero-order valence-corrected chi connectivity index (χ0v) is 13.3. The molecule has 0 aromatic carbocycles. The number of carbonyl (C=O) groups excluding carboxylic acids is 1. The van der Waals surface area contributed by atoms with Crippen molar-refractivity contribution in [3.63, 3.8) is 0 Å². The average molecular weight is 278 g/mol. The van der Waals surface area contributed by atoms with Crippen LogP contribution in [-0.2, 0) is 4.79 Å². The molecule has 114 valence electrons. The molecule has 3 rings (SSSR count). The van der Waals surface area contributed by atoms with Gasteiger partial charge in [0.2, 0.25) is 5.91 Å². The SMILES string of the molecule is CC(C)(C)C1CCN(C(=O)C2NCC3CCCC32)CC1. The lowest BCUT2D eigenvalue weighted by atomic mass is 9.75. The highest BCUT2D eigenvalue weighted by Gasteiger charge is 2.44. The lowest BCUT2D eigenvalue weighted by Crippen LogP contribution is -2.50. The third-order valence-corrected chi connectivity index (χ3v) is 6.04. The van der Waals surface area contributed by atoms with E-state index in [4.69, 9.17) is 0 Å². The van der Waals surface area contributed by atoms with Gasteiger partial charge in [0, 0.05) is 13.1 Å². The summed E-state index contributed by atoms with van der Waals surface area (Å²) in [5.41, 5.74) is 0.386. The first-order valence-corrected chi connectivity index (χ1v) is 8.49. The predicted octanol–water partition coefficient (Wildman–Crippen LogP) is 2.66. The van der Waals surface area contributed by atoms with Gasteiger partial charge in [-0.3, -0.25) is 4.79 Å². The summed E-state index contributed by atoms with van der Waals surface area (Å²) in [5, 5.41) is 3.51. The standard InChI is InChI=1S/C17H30N2O/c1-17(2,3)13-7-9-19(10-8-13)16(20)15-14-6-4-5-12(14)11-18-15/h12-15,18H,4-11H2,1-3H3. The molecule has 0 bridgehead atoms. The molecule has 0 spiro atoms. The zero-order chi connectivity index (χ0) is 14.3. The summed E-state index contributed by atoms with van der Waals surface area (Å²) in [6.45, 7) is 10.00. The van der Waals surface area contributed by atoms with Crippen LogP contribution in [0.1, 0.15) is 52.9 Å². The third kappa shape index (κ3) is 2.61.